The fraction of sp³-hybridized carbons (Fsp3) is 0.278. The average molecular weight is 780 g/mol. The van der Waals surface area contributed by atoms with Crippen LogP contribution >= 0.6 is 57.5 Å². The Morgan fingerprint density at radius 1 is 0.686 bits per heavy atom. The Kier molecular flexibility index (Phi) is 11.7. The van der Waals surface area contributed by atoms with Gasteiger partial charge in [-0.05, 0) is 62.1 Å². The minimum atomic E-state index is 0.418. The summed E-state index contributed by atoms with van der Waals surface area (Å²) in [7, 11) is 0. The average Bonchev–Trinajstić information content (AvgIpc) is 3.67. The van der Waals surface area contributed by atoms with E-state index in [1.807, 2.05) is 39.2 Å². The Labute approximate surface area is 320 Å². The van der Waals surface area contributed by atoms with Gasteiger partial charge in [-0.25, -0.2) is 19.9 Å². The van der Waals surface area contributed by atoms with Gasteiger partial charge >= 0.3 is 0 Å². The van der Waals surface area contributed by atoms with Crippen LogP contribution in [0.25, 0.3) is 22.5 Å². The third kappa shape index (κ3) is 8.94. The van der Waals surface area contributed by atoms with Gasteiger partial charge in [-0.2, -0.15) is 0 Å². The SMILES string of the molecule is Cc1cnc(-c2cc(Cl)ncc2Cl)c(C)c1.Cc1cnc(-c2cc(N3CCc4nc(N)sc4C3)ncc2Cl)c(C)c1.Nc1nc2c(s1)CNCC2. The summed E-state index contributed by atoms with van der Waals surface area (Å²) in [6.45, 7) is 11.7. The highest BCUT2D eigenvalue weighted by Crippen LogP contribution is 2.34. The van der Waals surface area contributed by atoms with Crippen LogP contribution in [0, 0.1) is 27.7 Å². The maximum Gasteiger partial charge on any atom is 0.180 e. The molecule has 2 aliphatic rings. The normalized spacial score (nSPS) is 13.4. The van der Waals surface area contributed by atoms with Crippen molar-refractivity contribution in [3.8, 4) is 22.5 Å². The second-order valence-electron chi connectivity index (χ2n) is 12.3. The smallest absolute Gasteiger partial charge is 0.180 e. The summed E-state index contributed by atoms with van der Waals surface area (Å²) < 4.78 is 0. The van der Waals surface area contributed by atoms with E-state index in [1.165, 1.54) is 15.4 Å². The number of anilines is 3. The quantitative estimate of drug-likeness (QED) is 0.150. The number of halogens is 3. The number of aromatic nitrogens is 6. The van der Waals surface area contributed by atoms with Gasteiger partial charge in [-0.1, -0.05) is 46.9 Å². The van der Waals surface area contributed by atoms with Gasteiger partial charge < -0.3 is 21.7 Å². The largest absolute Gasteiger partial charge is 0.375 e. The Hall–Kier alpha value is -3.91. The molecule has 0 aliphatic carbocycles. The number of fused-ring (bicyclic) bond motifs is 2. The molecule has 5 N–H and O–H groups in total. The van der Waals surface area contributed by atoms with Crippen LogP contribution in [0.4, 0.5) is 16.1 Å². The Morgan fingerprint density at radius 3 is 1.86 bits per heavy atom. The second-order valence-corrected chi connectivity index (χ2v) is 15.7. The van der Waals surface area contributed by atoms with Gasteiger partial charge in [0.25, 0.3) is 0 Å². The molecule has 8 heterocycles. The van der Waals surface area contributed by atoms with Crippen molar-refractivity contribution in [3.05, 3.63) is 108 Å². The van der Waals surface area contributed by atoms with Crippen LogP contribution in [-0.4, -0.2) is 43.0 Å². The van der Waals surface area contributed by atoms with E-state index in [9.17, 15) is 0 Å². The van der Waals surface area contributed by atoms with E-state index in [1.54, 1.807) is 41.1 Å². The molecular formula is C36H37Cl3N10S2. The predicted molar refractivity (Wildman–Crippen MR) is 212 cm³/mol. The fourth-order valence-electron chi connectivity index (χ4n) is 5.93. The third-order valence-electron chi connectivity index (χ3n) is 8.29. The number of rotatable bonds is 3. The first-order chi connectivity index (χ1) is 24.4. The van der Waals surface area contributed by atoms with E-state index < -0.39 is 0 Å². The van der Waals surface area contributed by atoms with E-state index in [0.717, 1.165) is 95.3 Å². The van der Waals surface area contributed by atoms with Crippen molar-refractivity contribution in [3.63, 3.8) is 0 Å². The van der Waals surface area contributed by atoms with Gasteiger partial charge in [-0.3, -0.25) is 9.97 Å². The van der Waals surface area contributed by atoms with Crippen molar-refractivity contribution < 1.29 is 0 Å². The lowest BCUT2D eigenvalue weighted by Crippen LogP contribution is -2.30. The van der Waals surface area contributed by atoms with Crippen molar-refractivity contribution in [2.24, 2.45) is 0 Å². The Morgan fingerprint density at radius 2 is 1.25 bits per heavy atom. The second kappa shape index (κ2) is 16.2. The van der Waals surface area contributed by atoms with Crippen molar-refractivity contribution in [2.45, 2.75) is 53.6 Å². The lowest BCUT2D eigenvalue weighted by Gasteiger charge is -2.27. The zero-order valence-electron chi connectivity index (χ0n) is 28.6. The molecule has 0 bridgehead atoms. The lowest BCUT2D eigenvalue weighted by molar-refractivity contribution is 0.644. The van der Waals surface area contributed by atoms with Crippen LogP contribution < -0.4 is 21.7 Å². The molecule has 0 saturated heterocycles. The number of nitrogens with zero attached hydrogens (tertiary/aromatic N) is 7. The number of aryl methyl sites for hydroxylation is 4. The molecule has 264 valence electrons. The number of nitrogen functional groups attached to an aromatic ring is 2. The van der Waals surface area contributed by atoms with Crippen molar-refractivity contribution in [2.75, 3.05) is 29.5 Å². The minimum Gasteiger partial charge on any atom is -0.375 e. The van der Waals surface area contributed by atoms with Crippen molar-refractivity contribution in [1.82, 2.24) is 35.2 Å². The molecule has 0 unspecified atom stereocenters. The molecule has 0 radical (unpaired) electrons. The molecule has 0 aromatic carbocycles. The lowest BCUT2D eigenvalue weighted by atomic mass is 10.1. The molecule has 15 heteroatoms. The number of thiazole rings is 2. The zero-order chi connectivity index (χ0) is 36.2. The summed E-state index contributed by atoms with van der Waals surface area (Å²) in [6, 6.07) is 7.94. The minimum absolute atomic E-state index is 0.418. The van der Waals surface area contributed by atoms with Crippen molar-refractivity contribution in [1.29, 1.82) is 0 Å². The van der Waals surface area contributed by atoms with Crippen LogP contribution in [0.5, 0.6) is 0 Å². The summed E-state index contributed by atoms with van der Waals surface area (Å²) in [5.41, 5.74) is 21.6. The van der Waals surface area contributed by atoms with E-state index in [0.29, 0.717) is 25.5 Å². The summed E-state index contributed by atoms with van der Waals surface area (Å²) in [6.07, 6.45) is 8.84. The molecular weight excluding hydrogens is 743 g/mol. The van der Waals surface area contributed by atoms with E-state index >= 15 is 0 Å². The third-order valence-corrected chi connectivity index (χ3v) is 10.9. The molecule has 0 atom stereocenters. The zero-order valence-corrected chi connectivity index (χ0v) is 32.5. The van der Waals surface area contributed by atoms with E-state index in [2.05, 4.69) is 59.2 Å². The topological polar surface area (TPSA) is 145 Å². The first kappa shape index (κ1) is 36.9. The molecule has 2 aliphatic heterocycles. The van der Waals surface area contributed by atoms with Gasteiger partial charge in [-0.15, -0.1) is 22.7 Å². The standard InChI is InChI=1S/C18H18ClN5S.C12H10Cl2N2.C6H9N3S/c1-10-5-11(2)17(22-7-10)12-6-16(21-8-13(12)19)24-4-3-14-15(9-24)25-18(20)23-14;1-7-3-8(2)12(16-5-7)9-4-11(14)15-6-10(9)13;7-6-9-4-1-2-8-3-5(4)10-6/h5-8H,3-4,9H2,1-2H3,(H2,20,23);3-6H,1-2H3;8H,1-3H2,(H2,7,9). The van der Waals surface area contributed by atoms with Crippen LogP contribution in [0.3, 0.4) is 0 Å². The summed E-state index contributed by atoms with van der Waals surface area (Å²) >= 11 is 21.5. The predicted octanol–water partition coefficient (Wildman–Crippen LogP) is 8.45. The first-order valence-corrected chi connectivity index (χ1v) is 19.0. The number of pyridine rings is 4. The molecule has 0 spiro atoms. The van der Waals surface area contributed by atoms with Gasteiger partial charge in [0.05, 0.1) is 39.4 Å². The number of nitrogens with one attached hydrogen (secondary N) is 1. The van der Waals surface area contributed by atoms with Gasteiger partial charge in [0.15, 0.2) is 10.3 Å². The molecule has 0 saturated carbocycles. The van der Waals surface area contributed by atoms with E-state index in [4.69, 9.17) is 46.3 Å². The van der Waals surface area contributed by atoms with Gasteiger partial charge in [0.2, 0.25) is 0 Å². The maximum atomic E-state index is 6.42. The van der Waals surface area contributed by atoms with Crippen LogP contribution in [0.2, 0.25) is 15.2 Å². The molecule has 0 amide bonds. The van der Waals surface area contributed by atoms with Gasteiger partial charge in [0, 0.05) is 78.1 Å². The number of nitrogens with two attached hydrogens (primary N) is 2. The molecule has 51 heavy (non-hydrogen) atoms. The van der Waals surface area contributed by atoms with Crippen LogP contribution in [0.15, 0.2) is 49.1 Å². The fourth-order valence-corrected chi connectivity index (χ4v) is 8.21. The highest BCUT2D eigenvalue weighted by Gasteiger charge is 2.22. The van der Waals surface area contributed by atoms with E-state index in [-0.39, 0.29) is 0 Å². The van der Waals surface area contributed by atoms with Gasteiger partial charge in [0.1, 0.15) is 11.0 Å². The van der Waals surface area contributed by atoms with Crippen LogP contribution in [-0.2, 0) is 25.9 Å². The molecule has 6 aromatic heterocycles. The van der Waals surface area contributed by atoms with Crippen LogP contribution in [0.1, 0.15) is 43.4 Å². The van der Waals surface area contributed by atoms with Crippen molar-refractivity contribution >= 4 is 73.6 Å². The molecule has 8 rings (SSSR count). The summed E-state index contributed by atoms with van der Waals surface area (Å²) in [4.78, 5) is 30.8. The first-order valence-electron chi connectivity index (χ1n) is 16.2. The number of hydrogen-bond donors (Lipinski definition) is 3. The number of hydrogen-bond acceptors (Lipinski definition) is 12. The maximum absolute atomic E-state index is 6.42. The summed E-state index contributed by atoms with van der Waals surface area (Å²) in [5.74, 6) is 0.902. The Balaban J connectivity index is 0.000000146. The highest BCUT2D eigenvalue weighted by molar-refractivity contribution is 7.15. The summed E-state index contributed by atoms with van der Waals surface area (Å²) in [5, 5.41) is 6.20. The Bertz CT molecular complexity index is 2160. The monoisotopic (exact) mass is 778 g/mol. The molecule has 0 fully saturated rings. The molecule has 6 aromatic rings. The molecule has 10 nitrogen and oxygen atoms in total. The highest BCUT2D eigenvalue weighted by atomic mass is 35.5.